The van der Waals surface area contributed by atoms with E-state index in [1.54, 1.807) is 0 Å². The second-order valence-corrected chi connectivity index (χ2v) is 4.20. The van der Waals surface area contributed by atoms with E-state index in [0.29, 0.717) is 18.9 Å². The Balaban J connectivity index is 1.89. The van der Waals surface area contributed by atoms with Gasteiger partial charge in [-0.1, -0.05) is 0 Å². The summed E-state index contributed by atoms with van der Waals surface area (Å²) in [4.78, 5) is 11.0. The highest BCUT2D eigenvalue weighted by atomic mass is 16.5. The van der Waals surface area contributed by atoms with Crippen molar-refractivity contribution in [3.63, 3.8) is 0 Å². The molecule has 1 unspecified atom stereocenters. The van der Waals surface area contributed by atoms with Crippen LogP contribution in [-0.2, 0) is 14.3 Å². The van der Waals surface area contributed by atoms with Crippen LogP contribution in [0.1, 0.15) is 32.6 Å². The van der Waals surface area contributed by atoms with Crippen molar-refractivity contribution in [2.75, 3.05) is 32.9 Å². The molecule has 1 aliphatic rings. The third-order valence-corrected chi connectivity index (χ3v) is 2.73. The summed E-state index contributed by atoms with van der Waals surface area (Å²) in [5.74, 6) is 0.557. The molecule has 0 aliphatic carbocycles. The van der Waals surface area contributed by atoms with Gasteiger partial charge in [-0.2, -0.15) is 0 Å². The van der Waals surface area contributed by atoms with Crippen molar-refractivity contribution in [2.45, 2.75) is 32.6 Å². The van der Waals surface area contributed by atoms with Crippen LogP contribution in [0.4, 0.5) is 0 Å². The lowest BCUT2D eigenvalue weighted by Gasteiger charge is -2.22. The third-order valence-electron chi connectivity index (χ3n) is 2.73. The Hall–Kier alpha value is -0.610. The summed E-state index contributed by atoms with van der Waals surface area (Å²) in [5.41, 5.74) is 0. The zero-order valence-corrected chi connectivity index (χ0v) is 10.2. The van der Waals surface area contributed by atoms with Crippen molar-refractivity contribution in [3.05, 3.63) is 0 Å². The molecule has 0 amide bonds. The summed E-state index contributed by atoms with van der Waals surface area (Å²) in [6.07, 6.45) is 3.80. The molecule has 1 fully saturated rings. The number of nitrogens with one attached hydrogen (secondary N) is 1. The van der Waals surface area contributed by atoms with E-state index < -0.39 is 0 Å². The van der Waals surface area contributed by atoms with Crippen LogP contribution in [0.25, 0.3) is 0 Å². The number of hydrogen-bond donors (Lipinski definition) is 1. The van der Waals surface area contributed by atoms with E-state index in [-0.39, 0.29) is 5.97 Å². The molecule has 1 N–H and O–H groups in total. The van der Waals surface area contributed by atoms with Gasteiger partial charge in [0.05, 0.1) is 13.2 Å². The van der Waals surface area contributed by atoms with E-state index in [2.05, 4.69) is 5.32 Å². The second kappa shape index (κ2) is 8.53. The fourth-order valence-electron chi connectivity index (χ4n) is 1.87. The van der Waals surface area contributed by atoms with Crippen LogP contribution in [0.5, 0.6) is 0 Å². The monoisotopic (exact) mass is 229 g/mol. The lowest BCUT2D eigenvalue weighted by atomic mass is 10.0. The van der Waals surface area contributed by atoms with Crippen molar-refractivity contribution in [3.8, 4) is 0 Å². The molecular formula is C12H23NO3. The number of ether oxygens (including phenoxy) is 2. The van der Waals surface area contributed by atoms with E-state index in [9.17, 15) is 4.79 Å². The molecule has 0 aromatic rings. The van der Waals surface area contributed by atoms with Gasteiger partial charge in [0, 0.05) is 19.6 Å². The smallest absolute Gasteiger partial charge is 0.305 e. The van der Waals surface area contributed by atoms with Gasteiger partial charge in [0.1, 0.15) is 0 Å². The zero-order chi connectivity index (χ0) is 11.6. The Labute approximate surface area is 97.7 Å². The topological polar surface area (TPSA) is 47.6 Å². The summed E-state index contributed by atoms with van der Waals surface area (Å²) in [7, 11) is 0. The molecule has 0 saturated carbocycles. The Morgan fingerprint density at radius 2 is 2.44 bits per heavy atom. The van der Waals surface area contributed by atoms with Gasteiger partial charge in [-0.25, -0.2) is 0 Å². The van der Waals surface area contributed by atoms with Gasteiger partial charge < -0.3 is 14.8 Å². The minimum atomic E-state index is -0.0923. The number of hydrogen-bond acceptors (Lipinski definition) is 4. The summed E-state index contributed by atoms with van der Waals surface area (Å²) >= 11 is 0. The van der Waals surface area contributed by atoms with Gasteiger partial charge in [0.2, 0.25) is 0 Å². The van der Waals surface area contributed by atoms with Gasteiger partial charge in [0.25, 0.3) is 0 Å². The molecule has 0 spiro atoms. The van der Waals surface area contributed by atoms with Crippen LogP contribution in [0.2, 0.25) is 0 Å². The molecule has 1 atom stereocenters. The first-order valence-corrected chi connectivity index (χ1v) is 6.27. The van der Waals surface area contributed by atoms with E-state index in [4.69, 9.17) is 9.47 Å². The summed E-state index contributed by atoms with van der Waals surface area (Å²) in [6, 6.07) is 0. The summed E-state index contributed by atoms with van der Waals surface area (Å²) in [6.45, 7) is 5.99. The molecule has 1 saturated heterocycles. The van der Waals surface area contributed by atoms with Gasteiger partial charge in [-0.3, -0.25) is 4.79 Å². The molecule has 1 heterocycles. The summed E-state index contributed by atoms with van der Waals surface area (Å²) < 4.78 is 10.2. The number of esters is 1. The van der Waals surface area contributed by atoms with E-state index >= 15 is 0 Å². The Bertz CT molecular complexity index is 191. The first-order valence-electron chi connectivity index (χ1n) is 6.27. The fraction of sp³-hybridized carbons (Fsp3) is 0.917. The average molecular weight is 229 g/mol. The normalized spacial score (nSPS) is 20.7. The lowest BCUT2D eigenvalue weighted by Crippen LogP contribution is -2.29. The minimum absolute atomic E-state index is 0.0923. The van der Waals surface area contributed by atoms with E-state index in [0.717, 1.165) is 32.7 Å². The molecule has 94 valence electrons. The Morgan fingerprint density at radius 3 is 3.12 bits per heavy atom. The zero-order valence-electron chi connectivity index (χ0n) is 10.2. The minimum Gasteiger partial charge on any atom is -0.466 e. The molecule has 16 heavy (non-hydrogen) atoms. The molecule has 4 heteroatoms. The second-order valence-electron chi connectivity index (χ2n) is 4.20. The Kier molecular flexibility index (Phi) is 7.17. The predicted octanol–water partition coefficient (Wildman–Crippen LogP) is 1.35. The molecular weight excluding hydrogens is 206 g/mol. The number of rotatable bonds is 7. The maximum atomic E-state index is 11.0. The van der Waals surface area contributed by atoms with Crippen LogP contribution in [0.15, 0.2) is 0 Å². The standard InChI is InChI=1S/C12H23NO3/c1-2-16-12(14)6-3-7-13-9-11-5-4-8-15-10-11/h11,13H,2-10H2,1H3. The van der Waals surface area contributed by atoms with Crippen LogP contribution < -0.4 is 5.32 Å². The highest BCUT2D eigenvalue weighted by molar-refractivity contribution is 5.69. The van der Waals surface area contributed by atoms with Crippen molar-refractivity contribution >= 4 is 5.97 Å². The first kappa shape index (κ1) is 13.5. The van der Waals surface area contributed by atoms with Crippen LogP contribution in [-0.4, -0.2) is 38.9 Å². The number of carbonyl (C=O) groups is 1. The molecule has 0 bridgehead atoms. The van der Waals surface area contributed by atoms with Crippen molar-refractivity contribution in [1.29, 1.82) is 0 Å². The van der Waals surface area contributed by atoms with Crippen molar-refractivity contribution < 1.29 is 14.3 Å². The fourth-order valence-corrected chi connectivity index (χ4v) is 1.87. The van der Waals surface area contributed by atoms with Crippen LogP contribution in [0.3, 0.4) is 0 Å². The molecule has 0 aromatic carbocycles. The van der Waals surface area contributed by atoms with Crippen molar-refractivity contribution in [2.24, 2.45) is 5.92 Å². The van der Waals surface area contributed by atoms with Gasteiger partial charge >= 0.3 is 5.97 Å². The molecule has 1 aliphatic heterocycles. The first-order chi connectivity index (χ1) is 7.83. The molecule has 0 radical (unpaired) electrons. The van der Waals surface area contributed by atoms with Crippen LogP contribution in [0, 0.1) is 5.92 Å². The third kappa shape index (κ3) is 6.08. The van der Waals surface area contributed by atoms with Gasteiger partial charge in [-0.05, 0) is 38.6 Å². The van der Waals surface area contributed by atoms with Crippen molar-refractivity contribution in [1.82, 2.24) is 5.32 Å². The highest BCUT2D eigenvalue weighted by Crippen LogP contribution is 2.11. The Morgan fingerprint density at radius 1 is 1.56 bits per heavy atom. The largest absolute Gasteiger partial charge is 0.466 e. The van der Waals surface area contributed by atoms with E-state index in [1.165, 1.54) is 12.8 Å². The molecule has 4 nitrogen and oxygen atoms in total. The molecule has 0 aromatic heterocycles. The maximum absolute atomic E-state index is 11.0. The van der Waals surface area contributed by atoms with E-state index in [1.807, 2.05) is 6.92 Å². The number of carbonyl (C=O) groups excluding carboxylic acids is 1. The lowest BCUT2D eigenvalue weighted by molar-refractivity contribution is -0.143. The van der Waals surface area contributed by atoms with Gasteiger partial charge in [-0.15, -0.1) is 0 Å². The maximum Gasteiger partial charge on any atom is 0.305 e. The highest BCUT2D eigenvalue weighted by Gasteiger charge is 2.12. The SMILES string of the molecule is CCOC(=O)CCCNCC1CCCOC1. The van der Waals surface area contributed by atoms with Gasteiger partial charge in [0.15, 0.2) is 0 Å². The average Bonchev–Trinajstić information content (AvgIpc) is 2.30. The quantitative estimate of drug-likeness (QED) is 0.529. The predicted molar refractivity (Wildman–Crippen MR) is 62.3 cm³/mol. The summed E-state index contributed by atoms with van der Waals surface area (Å²) in [5, 5.41) is 3.36. The van der Waals surface area contributed by atoms with Crippen LogP contribution >= 0.6 is 0 Å². The molecule has 1 rings (SSSR count).